The van der Waals surface area contributed by atoms with Crippen molar-refractivity contribution in [2.75, 3.05) is 19.6 Å². The van der Waals surface area contributed by atoms with Crippen molar-refractivity contribution in [3.63, 3.8) is 0 Å². The average Bonchev–Trinajstić information content (AvgIpc) is 3.08. The fourth-order valence-corrected chi connectivity index (χ4v) is 2.67. The second kappa shape index (κ2) is 6.69. The largest absolute Gasteiger partial charge is 0.372 e. The average molecular weight is 252 g/mol. The molecule has 1 heterocycles. The van der Waals surface area contributed by atoms with Crippen molar-refractivity contribution in [2.45, 2.75) is 63.8 Å². The zero-order chi connectivity index (χ0) is 13.0. The molecule has 1 N–H and O–H groups in total. The summed E-state index contributed by atoms with van der Waals surface area (Å²) in [4.78, 5) is 2.54. The molecule has 3 heteroatoms. The van der Waals surface area contributed by atoms with Crippen molar-refractivity contribution >= 4 is 0 Å². The van der Waals surface area contributed by atoms with E-state index in [-0.39, 0.29) is 0 Å². The van der Waals surface area contributed by atoms with Gasteiger partial charge in [-0.25, -0.2) is 0 Å². The summed E-state index contributed by atoms with van der Waals surface area (Å²) in [6, 6.07) is 1.36. The highest BCUT2D eigenvalue weighted by atomic mass is 16.5. The summed E-state index contributed by atoms with van der Waals surface area (Å²) in [7, 11) is 0. The quantitative estimate of drug-likeness (QED) is 0.670. The SMILES string of the molecule is C=CCN(CC1CCC(CNC(C)C)O1)C1CC1. The lowest BCUT2D eigenvalue weighted by atomic mass is 10.2. The Bertz CT molecular complexity index is 263. The molecule has 0 aromatic heterocycles. The van der Waals surface area contributed by atoms with Gasteiger partial charge in [-0.15, -0.1) is 6.58 Å². The summed E-state index contributed by atoms with van der Waals surface area (Å²) in [5, 5.41) is 3.47. The third-order valence-corrected chi connectivity index (χ3v) is 3.81. The van der Waals surface area contributed by atoms with Crippen LogP contribution in [0.1, 0.15) is 39.5 Å². The molecule has 2 rings (SSSR count). The van der Waals surface area contributed by atoms with Crippen LogP contribution >= 0.6 is 0 Å². The fourth-order valence-electron chi connectivity index (χ4n) is 2.67. The van der Waals surface area contributed by atoms with Gasteiger partial charge in [0, 0.05) is 31.7 Å². The molecule has 2 aliphatic rings. The fraction of sp³-hybridized carbons (Fsp3) is 0.867. The Morgan fingerprint density at radius 2 is 2.00 bits per heavy atom. The van der Waals surface area contributed by atoms with Gasteiger partial charge in [0.2, 0.25) is 0 Å². The van der Waals surface area contributed by atoms with Crippen LogP contribution in [0.5, 0.6) is 0 Å². The molecular weight excluding hydrogens is 224 g/mol. The van der Waals surface area contributed by atoms with Gasteiger partial charge < -0.3 is 10.1 Å². The molecule has 2 atom stereocenters. The van der Waals surface area contributed by atoms with Gasteiger partial charge in [-0.1, -0.05) is 19.9 Å². The minimum Gasteiger partial charge on any atom is -0.372 e. The second-order valence-corrected chi connectivity index (χ2v) is 5.99. The number of nitrogens with one attached hydrogen (secondary N) is 1. The first-order chi connectivity index (χ1) is 8.69. The molecule has 0 bridgehead atoms. The van der Waals surface area contributed by atoms with Crippen molar-refractivity contribution in [3.8, 4) is 0 Å². The van der Waals surface area contributed by atoms with E-state index in [4.69, 9.17) is 4.74 Å². The molecule has 1 saturated carbocycles. The topological polar surface area (TPSA) is 24.5 Å². The Hall–Kier alpha value is -0.380. The number of hydrogen-bond acceptors (Lipinski definition) is 3. The molecule has 0 aromatic carbocycles. The van der Waals surface area contributed by atoms with E-state index in [2.05, 4.69) is 30.6 Å². The van der Waals surface area contributed by atoms with E-state index in [1.807, 2.05) is 6.08 Å². The molecule has 18 heavy (non-hydrogen) atoms. The molecule has 1 aliphatic carbocycles. The molecular formula is C15H28N2O. The van der Waals surface area contributed by atoms with Gasteiger partial charge in [-0.05, 0) is 25.7 Å². The molecule has 2 fully saturated rings. The lowest BCUT2D eigenvalue weighted by Gasteiger charge is -2.24. The minimum atomic E-state index is 0.419. The van der Waals surface area contributed by atoms with E-state index in [9.17, 15) is 0 Å². The second-order valence-electron chi connectivity index (χ2n) is 5.99. The van der Waals surface area contributed by atoms with Gasteiger partial charge in [-0.2, -0.15) is 0 Å². The summed E-state index contributed by atoms with van der Waals surface area (Å²) >= 11 is 0. The van der Waals surface area contributed by atoms with E-state index < -0.39 is 0 Å². The molecule has 1 aliphatic heterocycles. The number of rotatable bonds is 8. The highest BCUT2D eigenvalue weighted by molar-refractivity contribution is 4.90. The van der Waals surface area contributed by atoms with Crippen molar-refractivity contribution < 1.29 is 4.74 Å². The number of hydrogen-bond donors (Lipinski definition) is 1. The van der Waals surface area contributed by atoms with Gasteiger partial charge in [0.1, 0.15) is 0 Å². The van der Waals surface area contributed by atoms with Crippen molar-refractivity contribution in [1.29, 1.82) is 0 Å². The zero-order valence-electron chi connectivity index (χ0n) is 11.9. The molecule has 0 spiro atoms. The van der Waals surface area contributed by atoms with Crippen LogP contribution in [-0.4, -0.2) is 48.8 Å². The maximum Gasteiger partial charge on any atom is 0.0707 e. The van der Waals surface area contributed by atoms with Crippen LogP contribution in [0, 0.1) is 0 Å². The first-order valence-electron chi connectivity index (χ1n) is 7.42. The van der Waals surface area contributed by atoms with E-state index in [1.54, 1.807) is 0 Å². The maximum absolute atomic E-state index is 6.13. The molecule has 0 radical (unpaired) electrons. The standard InChI is InChI=1S/C15H28N2O/c1-4-9-17(13-5-6-13)11-15-8-7-14(18-15)10-16-12(2)3/h4,12-16H,1,5-11H2,2-3H3. The molecule has 0 amide bonds. The summed E-state index contributed by atoms with van der Waals surface area (Å²) < 4.78 is 6.13. The van der Waals surface area contributed by atoms with Gasteiger partial charge in [-0.3, -0.25) is 4.90 Å². The zero-order valence-corrected chi connectivity index (χ0v) is 11.9. The summed E-state index contributed by atoms with van der Waals surface area (Å²) in [5.74, 6) is 0. The third-order valence-electron chi connectivity index (χ3n) is 3.81. The highest BCUT2D eigenvalue weighted by Crippen LogP contribution is 2.29. The summed E-state index contributed by atoms with van der Waals surface area (Å²) in [6.45, 7) is 11.3. The van der Waals surface area contributed by atoms with Crippen molar-refractivity contribution in [1.82, 2.24) is 10.2 Å². The highest BCUT2D eigenvalue weighted by Gasteiger charge is 2.32. The smallest absolute Gasteiger partial charge is 0.0707 e. The minimum absolute atomic E-state index is 0.419. The molecule has 2 unspecified atom stereocenters. The van der Waals surface area contributed by atoms with Crippen LogP contribution < -0.4 is 5.32 Å². The van der Waals surface area contributed by atoms with E-state index >= 15 is 0 Å². The van der Waals surface area contributed by atoms with Crippen LogP contribution in [0.25, 0.3) is 0 Å². The normalized spacial score (nSPS) is 28.2. The Morgan fingerprint density at radius 3 is 2.61 bits per heavy atom. The van der Waals surface area contributed by atoms with Crippen molar-refractivity contribution in [2.24, 2.45) is 0 Å². The monoisotopic (exact) mass is 252 g/mol. The van der Waals surface area contributed by atoms with E-state index in [1.165, 1.54) is 25.7 Å². The molecule has 104 valence electrons. The Labute approximate surface area is 112 Å². The third kappa shape index (κ3) is 4.38. The molecule has 3 nitrogen and oxygen atoms in total. The van der Waals surface area contributed by atoms with Gasteiger partial charge >= 0.3 is 0 Å². The number of ether oxygens (including phenoxy) is 1. The van der Waals surface area contributed by atoms with Gasteiger partial charge in [0.15, 0.2) is 0 Å². The lowest BCUT2D eigenvalue weighted by molar-refractivity contribution is 0.0232. The summed E-state index contributed by atoms with van der Waals surface area (Å²) in [5.41, 5.74) is 0. The van der Waals surface area contributed by atoms with Gasteiger partial charge in [0.05, 0.1) is 12.2 Å². The van der Waals surface area contributed by atoms with Crippen LogP contribution in [-0.2, 0) is 4.74 Å². The Balaban J connectivity index is 1.69. The Morgan fingerprint density at radius 1 is 1.28 bits per heavy atom. The lowest BCUT2D eigenvalue weighted by Crippen LogP contribution is -2.36. The first kappa shape index (κ1) is 14.0. The van der Waals surface area contributed by atoms with Crippen LogP contribution in [0.3, 0.4) is 0 Å². The van der Waals surface area contributed by atoms with Crippen LogP contribution in [0.4, 0.5) is 0 Å². The predicted octanol–water partition coefficient (Wildman–Crippen LogP) is 2.18. The molecule has 1 saturated heterocycles. The predicted molar refractivity (Wildman–Crippen MR) is 75.8 cm³/mol. The maximum atomic E-state index is 6.13. The molecule has 0 aromatic rings. The first-order valence-corrected chi connectivity index (χ1v) is 7.42. The number of nitrogens with zero attached hydrogens (tertiary/aromatic N) is 1. The van der Waals surface area contributed by atoms with E-state index in [0.717, 1.165) is 25.7 Å². The van der Waals surface area contributed by atoms with Crippen molar-refractivity contribution in [3.05, 3.63) is 12.7 Å². The Kier molecular flexibility index (Phi) is 5.22. The van der Waals surface area contributed by atoms with Crippen LogP contribution in [0.15, 0.2) is 12.7 Å². The van der Waals surface area contributed by atoms with E-state index in [0.29, 0.717) is 18.2 Å². The summed E-state index contributed by atoms with van der Waals surface area (Å²) in [6.07, 6.45) is 8.01. The van der Waals surface area contributed by atoms with Gasteiger partial charge in [0.25, 0.3) is 0 Å². The van der Waals surface area contributed by atoms with Crippen LogP contribution in [0.2, 0.25) is 0 Å².